The number of halogens is 1. The molecule has 0 atom stereocenters. The minimum atomic E-state index is 0.577. The highest BCUT2D eigenvalue weighted by molar-refractivity contribution is 9.11. The van der Waals surface area contributed by atoms with E-state index >= 15 is 0 Å². The van der Waals surface area contributed by atoms with Gasteiger partial charge in [-0.2, -0.15) is 5.21 Å². The van der Waals surface area contributed by atoms with Gasteiger partial charge in [-0.1, -0.05) is 0 Å². The maximum atomic E-state index is 3.99. The number of aromatic nitrogens is 5. The standard InChI is InChI=1S/C4H2BrN5S/c5-4-6-1-2(11-4)3-7-9-10-8-3/h1H,(H,7,8,9,10). The summed E-state index contributed by atoms with van der Waals surface area (Å²) in [5.41, 5.74) is 0. The van der Waals surface area contributed by atoms with Crippen molar-refractivity contribution in [2.75, 3.05) is 0 Å². The molecular formula is C4H2BrN5S. The molecule has 2 aromatic rings. The van der Waals surface area contributed by atoms with E-state index in [1.54, 1.807) is 6.20 Å². The zero-order valence-corrected chi connectivity index (χ0v) is 7.55. The van der Waals surface area contributed by atoms with E-state index in [9.17, 15) is 0 Å². The number of tetrazole rings is 1. The Morgan fingerprint density at radius 1 is 1.55 bits per heavy atom. The van der Waals surface area contributed by atoms with Gasteiger partial charge in [0.05, 0.1) is 11.1 Å². The first-order valence-electron chi connectivity index (χ1n) is 2.71. The number of nitrogens with one attached hydrogen (secondary N) is 1. The number of hydrogen-bond acceptors (Lipinski definition) is 5. The van der Waals surface area contributed by atoms with Crippen LogP contribution in [0.4, 0.5) is 0 Å². The maximum absolute atomic E-state index is 3.99. The van der Waals surface area contributed by atoms with Crippen molar-refractivity contribution in [2.24, 2.45) is 0 Å². The minimum Gasteiger partial charge on any atom is -0.237 e. The monoisotopic (exact) mass is 231 g/mol. The summed E-state index contributed by atoms with van der Waals surface area (Å²) < 4.78 is 0.817. The normalized spacial score (nSPS) is 10.3. The van der Waals surface area contributed by atoms with Gasteiger partial charge in [-0.05, 0) is 21.1 Å². The third kappa shape index (κ3) is 1.29. The summed E-state index contributed by atoms with van der Waals surface area (Å²) in [6.07, 6.45) is 1.69. The van der Waals surface area contributed by atoms with Gasteiger partial charge in [0.1, 0.15) is 0 Å². The molecule has 1 N–H and O–H groups in total. The van der Waals surface area contributed by atoms with Crippen molar-refractivity contribution in [3.63, 3.8) is 0 Å². The Bertz CT molecular complexity index is 341. The van der Waals surface area contributed by atoms with Crippen LogP contribution in [0.5, 0.6) is 0 Å². The molecule has 2 rings (SSSR count). The van der Waals surface area contributed by atoms with E-state index in [1.807, 2.05) is 0 Å². The van der Waals surface area contributed by atoms with Crippen molar-refractivity contribution >= 4 is 27.3 Å². The largest absolute Gasteiger partial charge is 0.237 e. The first-order valence-corrected chi connectivity index (χ1v) is 4.32. The van der Waals surface area contributed by atoms with Crippen LogP contribution in [0, 0.1) is 0 Å². The molecule has 2 aromatic heterocycles. The molecule has 0 aliphatic rings. The van der Waals surface area contributed by atoms with Crippen LogP contribution in [0.1, 0.15) is 0 Å². The van der Waals surface area contributed by atoms with E-state index in [4.69, 9.17) is 0 Å². The lowest BCUT2D eigenvalue weighted by Crippen LogP contribution is -1.73. The van der Waals surface area contributed by atoms with Crippen molar-refractivity contribution in [1.29, 1.82) is 0 Å². The van der Waals surface area contributed by atoms with Crippen LogP contribution in [0.3, 0.4) is 0 Å². The van der Waals surface area contributed by atoms with Crippen molar-refractivity contribution in [3.05, 3.63) is 10.1 Å². The molecule has 0 aliphatic heterocycles. The Labute approximate surface area is 74.0 Å². The fourth-order valence-electron chi connectivity index (χ4n) is 0.622. The molecule has 0 saturated heterocycles. The third-order valence-corrected chi connectivity index (χ3v) is 2.52. The fraction of sp³-hybridized carbons (Fsp3) is 0. The van der Waals surface area contributed by atoms with Gasteiger partial charge >= 0.3 is 0 Å². The number of aromatic amines is 1. The molecule has 56 valence electrons. The molecule has 7 heteroatoms. The van der Waals surface area contributed by atoms with Gasteiger partial charge in [-0.15, -0.1) is 21.5 Å². The lowest BCUT2D eigenvalue weighted by atomic mass is 10.5. The van der Waals surface area contributed by atoms with Crippen molar-refractivity contribution < 1.29 is 0 Å². The van der Waals surface area contributed by atoms with E-state index in [-0.39, 0.29) is 0 Å². The van der Waals surface area contributed by atoms with Crippen molar-refractivity contribution in [2.45, 2.75) is 0 Å². The second kappa shape index (κ2) is 2.67. The lowest BCUT2D eigenvalue weighted by molar-refractivity contribution is 0.881. The molecule has 2 heterocycles. The van der Waals surface area contributed by atoms with Crippen molar-refractivity contribution in [1.82, 2.24) is 25.6 Å². The second-order valence-electron chi connectivity index (χ2n) is 1.71. The van der Waals surface area contributed by atoms with Gasteiger partial charge in [0.2, 0.25) is 5.82 Å². The highest BCUT2D eigenvalue weighted by Gasteiger charge is 2.05. The summed E-state index contributed by atoms with van der Waals surface area (Å²) in [5, 5.41) is 13.4. The number of hydrogen-bond donors (Lipinski definition) is 1. The Balaban J connectivity index is 2.45. The van der Waals surface area contributed by atoms with E-state index in [2.05, 4.69) is 41.5 Å². The number of nitrogens with zero attached hydrogens (tertiary/aromatic N) is 4. The topological polar surface area (TPSA) is 67.3 Å². The van der Waals surface area contributed by atoms with E-state index in [0.29, 0.717) is 5.82 Å². The zero-order valence-electron chi connectivity index (χ0n) is 5.15. The molecule has 0 amide bonds. The Hall–Kier alpha value is -0.820. The van der Waals surface area contributed by atoms with Gasteiger partial charge < -0.3 is 0 Å². The summed E-state index contributed by atoms with van der Waals surface area (Å²) >= 11 is 4.70. The molecule has 0 aromatic carbocycles. The van der Waals surface area contributed by atoms with Gasteiger partial charge in [0.15, 0.2) is 3.92 Å². The Morgan fingerprint density at radius 3 is 3.00 bits per heavy atom. The van der Waals surface area contributed by atoms with Crippen LogP contribution >= 0.6 is 27.3 Å². The van der Waals surface area contributed by atoms with Gasteiger partial charge in [-0.3, -0.25) is 0 Å². The number of rotatable bonds is 1. The van der Waals surface area contributed by atoms with Crippen LogP contribution in [0.2, 0.25) is 0 Å². The van der Waals surface area contributed by atoms with Crippen LogP contribution in [-0.4, -0.2) is 25.6 Å². The van der Waals surface area contributed by atoms with Crippen LogP contribution < -0.4 is 0 Å². The second-order valence-corrected chi connectivity index (χ2v) is 4.02. The zero-order chi connectivity index (χ0) is 7.68. The Morgan fingerprint density at radius 2 is 2.45 bits per heavy atom. The lowest BCUT2D eigenvalue weighted by Gasteiger charge is -1.78. The average Bonchev–Trinajstić information content (AvgIpc) is 2.55. The summed E-state index contributed by atoms with van der Waals surface area (Å²) in [6, 6.07) is 0. The third-order valence-electron chi connectivity index (χ3n) is 1.04. The summed E-state index contributed by atoms with van der Waals surface area (Å²) in [6.45, 7) is 0. The van der Waals surface area contributed by atoms with E-state index < -0.39 is 0 Å². The first kappa shape index (κ1) is 6.86. The number of thiazole rings is 1. The van der Waals surface area contributed by atoms with Crippen LogP contribution in [0.25, 0.3) is 10.7 Å². The SMILES string of the molecule is Brc1ncc(-c2nn[nH]n2)s1. The van der Waals surface area contributed by atoms with Gasteiger partial charge in [-0.25, -0.2) is 4.98 Å². The Kier molecular flexibility index (Phi) is 1.66. The van der Waals surface area contributed by atoms with Crippen molar-refractivity contribution in [3.8, 4) is 10.7 Å². The molecule has 0 spiro atoms. The molecule has 0 saturated carbocycles. The molecule has 11 heavy (non-hydrogen) atoms. The predicted octanol–water partition coefficient (Wildman–Crippen LogP) is 1.09. The summed E-state index contributed by atoms with van der Waals surface area (Å²) in [5.74, 6) is 0.577. The first-order chi connectivity index (χ1) is 5.36. The molecule has 0 bridgehead atoms. The highest BCUT2D eigenvalue weighted by Crippen LogP contribution is 2.25. The molecule has 5 nitrogen and oxygen atoms in total. The highest BCUT2D eigenvalue weighted by atomic mass is 79.9. The molecule has 0 unspecified atom stereocenters. The van der Waals surface area contributed by atoms with Crippen LogP contribution in [0.15, 0.2) is 10.1 Å². The van der Waals surface area contributed by atoms with E-state index in [0.717, 1.165) is 8.79 Å². The van der Waals surface area contributed by atoms with E-state index in [1.165, 1.54) is 11.3 Å². The molecule has 0 aliphatic carbocycles. The maximum Gasteiger partial charge on any atom is 0.216 e. The molecule has 0 radical (unpaired) electrons. The minimum absolute atomic E-state index is 0.577. The fourth-order valence-corrected chi connectivity index (χ4v) is 1.82. The molecular weight excluding hydrogens is 230 g/mol. The smallest absolute Gasteiger partial charge is 0.216 e. The summed E-state index contributed by atoms with van der Waals surface area (Å²) in [7, 11) is 0. The van der Waals surface area contributed by atoms with Gasteiger partial charge in [0, 0.05) is 0 Å². The van der Waals surface area contributed by atoms with Gasteiger partial charge in [0.25, 0.3) is 0 Å². The quantitative estimate of drug-likeness (QED) is 0.798. The van der Waals surface area contributed by atoms with Crippen LogP contribution in [-0.2, 0) is 0 Å². The number of H-pyrrole nitrogens is 1. The predicted molar refractivity (Wildman–Crippen MR) is 43.0 cm³/mol. The average molecular weight is 232 g/mol. The molecule has 0 fully saturated rings. The summed E-state index contributed by atoms with van der Waals surface area (Å²) in [4.78, 5) is 4.88.